The maximum Gasteiger partial charge on any atom is 0.307 e. The predicted molar refractivity (Wildman–Crippen MR) is 62.3 cm³/mol. The van der Waals surface area contributed by atoms with Crippen LogP contribution in [0.5, 0.6) is 0 Å². The van der Waals surface area contributed by atoms with E-state index in [-0.39, 0.29) is 17.9 Å². The lowest BCUT2D eigenvalue weighted by Gasteiger charge is -2.19. The van der Waals surface area contributed by atoms with Gasteiger partial charge in [0.1, 0.15) is 0 Å². The SMILES string of the molecule is CC(C(=O)O)C(C)C(=O)NCC1(CCO)CC1. The molecule has 2 unspecified atom stereocenters. The highest BCUT2D eigenvalue weighted by Gasteiger charge is 2.42. The number of carboxylic acid groups (broad SMARTS) is 1. The van der Waals surface area contributed by atoms with Gasteiger partial charge in [0, 0.05) is 19.1 Å². The van der Waals surface area contributed by atoms with Crippen LogP contribution in [-0.2, 0) is 9.59 Å². The van der Waals surface area contributed by atoms with Crippen molar-refractivity contribution >= 4 is 11.9 Å². The summed E-state index contributed by atoms with van der Waals surface area (Å²) in [5.41, 5.74) is 0.0661. The van der Waals surface area contributed by atoms with Crippen LogP contribution in [0.15, 0.2) is 0 Å². The number of carbonyl (C=O) groups is 2. The molecule has 5 nitrogen and oxygen atoms in total. The first-order valence-electron chi connectivity index (χ1n) is 6.03. The molecule has 0 aromatic rings. The lowest BCUT2D eigenvalue weighted by molar-refractivity contribution is -0.146. The minimum Gasteiger partial charge on any atom is -0.481 e. The molecule has 0 radical (unpaired) electrons. The van der Waals surface area contributed by atoms with E-state index in [1.807, 2.05) is 0 Å². The lowest BCUT2D eigenvalue weighted by atomic mass is 9.94. The number of aliphatic carboxylic acids is 1. The molecule has 1 aliphatic carbocycles. The molecule has 0 aromatic heterocycles. The van der Waals surface area contributed by atoms with E-state index >= 15 is 0 Å². The van der Waals surface area contributed by atoms with Gasteiger partial charge in [-0.3, -0.25) is 9.59 Å². The maximum absolute atomic E-state index is 11.7. The van der Waals surface area contributed by atoms with Gasteiger partial charge < -0.3 is 15.5 Å². The van der Waals surface area contributed by atoms with Gasteiger partial charge in [0.2, 0.25) is 5.91 Å². The van der Waals surface area contributed by atoms with Gasteiger partial charge in [-0.25, -0.2) is 0 Å². The molecule has 1 amide bonds. The van der Waals surface area contributed by atoms with Crippen LogP contribution in [0.4, 0.5) is 0 Å². The topological polar surface area (TPSA) is 86.6 Å². The van der Waals surface area contributed by atoms with E-state index in [1.54, 1.807) is 6.92 Å². The highest BCUT2D eigenvalue weighted by atomic mass is 16.4. The predicted octanol–water partition coefficient (Wildman–Crippen LogP) is 0.622. The molecule has 2 atom stereocenters. The number of aliphatic hydroxyl groups is 1. The van der Waals surface area contributed by atoms with Crippen LogP contribution in [0.3, 0.4) is 0 Å². The molecule has 0 bridgehead atoms. The van der Waals surface area contributed by atoms with Gasteiger partial charge in [0.15, 0.2) is 0 Å². The quantitative estimate of drug-likeness (QED) is 0.612. The molecular formula is C12H21NO4. The number of nitrogens with one attached hydrogen (secondary N) is 1. The second-order valence-corrected chi connectivity index (χ2v) is 5.11. The molecule has 0 aromatic carbocycles. The van der Waals surface area contributed by atoms with Crippen molar-refractivity contribution in [2.24, 2.45) is 17.3 Å². The van der Waals surface area contributed by atoms with Crippen LogP contribution in [0.2, 0.25) is 0 Å². The molecule has 1 fully saturated rings. The van der Waals surface area contributed by atoms with E-state index in [9.17, 15) is 9.59 Å². The van der Waals surface area contributed by atoms with Crippen LogP contribution < -0.4 is 5.32 Å². The normalized spacial score (nSPS) is 20.4. The zero-order valence-corrected chi connectivity index (χ0v) is 10.4. The number of rotatable bonds is 7. The molecule has 1 saturated carbocycles. The number of aliphatic hydroxyl groups excluding tert-OH is 1. The largest absolute Gasteiger partial charge is 0.481 e. The summed E-state index contributed by atoms with van der Waals surface area (Å²) in [5, 5.41) is 20.5. The first kappa shape index (κ1) is 14.0. The van der Waals surface area contributed by atoms with Gasteiger partial charge in [0.05, 0.1) is 5.92 Å². The van der Waals surface area contributed by atoms with Crippen LogP contribution in [-0.4, -0.2) is 35.2 Å². The van der Waals surface area contributed by atoms with Gasteiger partial charge in [-0.05, 0) is 24.7 Å². The first-order valence-corrected chi connectivity index (χ1v) is 6.03. The van der Waals surface area contributed by atoms with E-state index in [2.05, 4.69) is 5.32 Å². The van der Waals surface area contributed by atoms with E-state index in [0.717, 1.165) is 12.8 Å². The van der Waals surface area contributed by atoms with Crippen molar-refractivity contribution in [2.45, 2.75) is 33.1 Å². The van der Waals surface area contributed by atoms with Crippen molar-refractivity contribution in [1.82, 2.24) is 5.32 Å². The zero-order valence-electron chi connectivity index (χ0n) is 10.4. The average Bonchev–Trinajstić information content (AvgIpc) is 3.04. The Morgan fingerprint density at radius 2 is 1.88 bits per heavy atom. The van der Waals surface area contributed by atoms with Gasteiger partial charge >= 0.3 is 5.97 Å². The average molecular weight is 243 g/mol. The molecule has 1 aliphatic rings. The smallest absolute Gasteiger partial charge is 0.307 e. The minimum atomic E-state index is -0.954. The zero-order chi connectivity index (χ0) is 13.1. The van der Waals surface area contributed by atoms with Crippen LogP contribution in [0.1, 0.15) is 33.1 Å². The summed E-state index contributed by atoms with van der Waals surface area (Å²) >= 11 is 0. The second-order valence-electron chi connectivity index (χ2n) is 5.11. The standard InChI is InChI=1S/C12H21NO4/c1-8(9(2)11(16)17)10(15)13-7-12(3-4-12)5-6-14/h8-9,14H,3-7H2,1-2H3,(H,13,15)(H,16,17). The lowest BCUT2D eigenvalue weighted by Crippen LogP contribution is -2.38. The molecule has 3 N–H and O–H groups in total. The molecule has 0 saturated heterocycles. The van der Waals surface area contributed by atoms with Gasteiger partial charge in [-0.15, -0.1) is 0 Å². The van der Waals surface area contributed by atoms with Gasteiger partial charge in [0.25, 0.3) is 0 Å². The minimum absolute atomic E-state index is 0.0661. The highest BCUT2D eigenvalue weighted by molar-refractivity contribution is 5.84. The van der Waals surface area contributed by atoms with Crippen molar-refractivity contribution in [1.29, 1.82) is 0 Å². The Morgan fingerprint density at radius 3 is 2.29 bits per heavy atom. The summed E-state index contributed by atoms with van der Waals surface area (Å²) in [4.78, 5) is 22.5. The van der Waals surface area contributed by atoms with Crippen LogP contribution in [0.25, 0.3) is 0 Å². The highest BCUT2D eigenvalue weighted by Crippen LogP contribution is 2.47. The number of amides is 1. The number of hydrogen-bond donors (Lipinski definition) is 3. The van der Waals surface area contributed by atoms with E-state index in [1.165, 1.54) is 6.92 Å². The Labute approximate surface area is 101 Å². The Bertz CT molecular complexity index is 299. The molecule has 0 heterocycles. The van der Waals surface area contributed by atoms with Crippen LogP contribution in [0, 0.1) is 17.3 Å². The first-order chi connectivity index (χ1) is 7.92. The number of carbonyl (C=O) groups excluding carboxylic acids is 1. The summed E-state index contributed by atoms with van der Waals surface area (Å²) in [6.07, 6.45) is 2.75. The third kappa shape index (κ3) is 3.70. The van der Waals surface area contributed by atoms with E-state index in [0.29, 0.717) is 13.0 Å². The molecule has 5 heteroatoms. The summed E-state index contributed by atoms with van der Waals surface area (Å²) in [5.74, 6) is -2.38. The van der Waals surface area contributed by atoms with Crippen molar-refractivity contribution in [3.05, 3.63) is 0 Å². The van der Waals surface area contributed by atoms with Gasteiger partial charge in [-0.1, -0.05) is 13.8 Å². The third-order valence-electron chi connectivity index (χ3n) is 3.79. The molecule has 0 aliphatic heterocycles. The molecule has 0 spiro atoms. The molecule has 17 heavy (non-hydrogen) atoms. The summed E-state index contributed by atoms with van der Waals surface area (Å²) in [7, 11) is 0. The summed E-state index contributed by atoms with van der Waals surface area (Å²) in [6, 6.07) is 0. The Kier molecular flexibility index (Phi) is 4.51. The number of hydrogen-bond acceptors (Lipinski definition) is 3. The molecular weight excluding hydrogens is 222 g/mol. The fourth-order valence-corrected chi connectivity index (χ4v) is 1.81. The van der Waals surface area contributed by atoms with Crippen LogP contribution >= 0.6 is 0 Å². The summed E-state index contributed by atoms with van der Waals surface area (Å²) < 4.78 is 0. The Balaban J connectivity index is 2.37. The fraction of sp³-hybridized carbons (Fsp3) is 0.833. The Hall–Kier alpha value is -1.10. The fourth-order valence-electron chi connectivity index (χ4n) is 1.81. The Morgan fingerprint density at radius 1 is 1.29 bits per heavy atom. The second kappa shape index (κ2) is 5.49. The summed E-state index contributed by atoms with van der Waals surface area (Å²) in [6.45, 7) is 3.84. The van der Waals surface area contributed by atoms with Crippen molar-refractivity contribution in [2.75, 3.05) is 13.2 Å². The number of carboxylic acids is 1. The van der Waals surface area contributed by atoms with Gasteiger partial charge in [-0.2, -0.15) is 0 Å². The van der Waals surface area contributed by atoms with Crippen molar-refractivity contribution in [3.8, 4) is 0 Å². The molecule has 98 valence electrons. The van der Waals surface area contributed by atoms with Crippen molar-refractivity contribution < 1.29 is 19.8 Å². The van der Waals surface area contributed by atoms with Crippen molar-refractivity contribution in [3.63, 3.8) is 0 Å². The maximum atomic E-state index is 11.7. The monoisotopic (exact) mass is 243 g/mol. The van der Waals surface area contributed by atoms with E-state index < -0.39 is 17.8 Å². The third-order valence-corrected chi connectivity index (χ3v) is 3.79. The van der Waals surface area contributed by atoms with E-state index in [4.69, 9.17) is 10.2 Å². The molecule has 1 rings (SSSR count).